The fraction of sp³-hybridized carbons (Fsp3) is 0.625. The summed E-state index contributed by atoms with van der Waals surface area (Å²) in [5, 5.41) is 0. The summed E-state index contributed by atoms with van der Waals surface area (Å²) in [6.07, 6.45) is 3.88. The summed E-state index contributed by atoms with van der Waals surface area (Å²) in [5.74, 6) is 1.40. The quantitative estimate of drug-likeness (QED) is 0.759. The molecule has 0 radical (unpaired) electrons. The Morgan fingerprint density at radius 2 is 1.89 bits per heavy atom. The monoisotopic (exact) mass is 264 g/mol. The summed E-state index contributed by atoms with van der Waals surface area (Å²) < 4.78 is 5.39. The molecule has 0 saturated carbocycles. The van der Waals surface area contributed by atoms with Crippen LogP contribution < -0.4 is 16.2 Å². The maximum atomic E-state index is 6.57. The number of hydrogen-bond donors (Lipinski definition) is 2. The van der Waals surface area contributed by atoms with Gasteiger partial charge in [0.2, 0.25) is 0 Å². The molecule has 0 aliphatic carbocycles. The van der Waals surface area contributed by atoms with Gasteiger partial charge in [-0.15, -0.1) is 0 Å². The van der Waals surface area contributed by atoms with Crippen LogP contribution in [0.4, 0.5) is 0 Å². The summed E-state index contributed by atoms with van der Waals surface area (Å²) in [6.45, 7) is 5.10. The Labute approximate surface area is 117 Å². The normalized spacial score (nSPS) is 14.4. The predicted molar refractivity (Wildman–Crippen MR) is 81.4 cm³/mol. The van der Waals surface area contributed by atoms with Gasteiger partial charge in [0.05, 0.1) is 7.11 Å². The lowest BCUT2D eigenvalue weighted by molar-refractivity contribution is 0.262. The Morgan fingerprint density at radius 1 is 1.21 bits per heavy atom. The van der Waals surface area contributed by atoms with Crippen LogP contribution in [0.1, 0.15) is 38.7 Å². The first-order chi connectivity index (χ1) is 9.03. The van der Waals surface area contributed by atoms with E-state index in [0.29, 0.717) is 12.5 Å². The third kappa shape index (κ3) is 4.51. The summed E-state index contributed by atoms with van der Waals surface area (Å²) >= 11 is 0. The molecule has 0 saturated heterocycles. The van der Waals surface area contributed by atoms with Crippen molar-refractivity contribution in [1.29, 1.82) is 0 Å². The molecular formula is C16H28N2O. The molecule has 0 aliphatic rings. The summed E-state index contributed by atoms with van der Waals surface area (Å²) in [7, 11) is 1.71. The lowest BCUT2D eigenvalue weighted by Gasteiger charge is -2.34. The molecule has 3 heteroatoms. The van der Waals surface area contributed by atoms with E-state index < -0.39 is 0 Å². The Kier molecular flexibility index (Phi) is 6.32. The van der Waals surface area contributed by atoms with Crippen molar-refractivity contribution < 1.29 is 4.74 Å². The maximum Gasteiger partial charge on any atom is 0.122 e. The zero-order valence-corrected chi connectivity index (χ0v) is 12.5. The fourth-order valence-corrected chi connectivity index (χ4v) is 2.41. The van der Waals surface area contributed by atoms with Crippen LogP contribution in [0.15, 0.2) is 24.3 Å². The van der Waals surface area contributed by atoms with E-state index in [4.69, 9.17) is 16.2 Å². The van der Waals surface area contributed by atoms with E-state index in [0.717, 1.165) is 31.4 Å². The van der Waals surface area contributed by atoms with Gasteiger partial charge in [-0.1, -0.05) is 32.0 Å². The second-order valence-corrected chi connectivity index (χ2v) is 5.59. The van der Waals surface area contributed by atoms with Crippen LogP contribution in [0.25, 0.3) is 0 Å². The van der Waals surface area contributed by atoms with Crippen molar-refractivity contribution in [2.24, 2.45) is 17.4 Å². The van der Waals surface area contributed by atoms with Crippen LogP contribution in [-0.4, -0.2) is 19.2 Å². The van der Waals surface area contributed by atoms with Gasteiger partial charge in [0.25, 0.3) is 0 Å². The van der Waals surface area contributed by atoms with Crippen molar-refractivity contribution in [1.82, 2.24) is 0 Å². The number of ether oxygens (including phenoxy) is 1. The smallest absolute Gasteiger partial charge is 0.122 e. The number of methoxy groups -OCH3 is 1. The van der Waals surface area contributed by atoms with E-state index in [1.165, 1.54) is 5.56 Å². The van der Waals surface area contributed by atoms with Gasteiger partial charge in [-0.3, -0.25) is 0 Å². The number of hydrogen-bond acceptors (Lipinski definition) is 3. The summed E-state index contributed by atoms with van der Waals surface area (Å²) in [5.41, 5.74) is 13.3. The molecule has 1 atom stereocenters. The van der Waals surface area contributed by atoms with Crippen LogP contribution in [-0.2, 0) is 6.42 Å². The zero-order chi connectivity index (χ0) is 14.3. The Hall–Kier alpha value is -1.06. The molecule has 1 aromatic rings. The average molecular weight is 264 g/mol. The molecule has 108 valence electrons. The maximum absolute atomic E-state index is 6.57. The molecule has 3 nitrogen and oxygen atoms in total. The number of nitrogens with two attached hydrogens (primary N) is 2. The molecule has 0 heterocycles. The van der Waals surface area contributed by atoms with E-state index in [1.54, 1.807) is 7.11 Å². The Morgan fingerprint density at radius 3 is 2.47 bits per heavy atom. The fourth-order valence-electron chi connectivity index (χ4n) is 2.41. The van der Waals surface area contributed by atoms with E-state index in [-0.39, 0.29) is 5.54 Å². The van der Waals surface area contributed by atoms with Crippen molar-refractivity contribution in [3.63, 3.8) is 0 Å². The minimum absolute atomic E-state index is 0.139. The van der Waals surface area contributed by atoms with Crippen LogP contribution in [0.2, 0.25) is 0 Å². The van der Waals surface area contributed by atoms with E-state index >= 15 is 0 Å². The van der Waals surface area contributed by atoms with Crippen LogP contribution in [0.3, 0.4) is 0 Å². The number of benzene rings is 1. The van der Waals surface area contributed by atoms with Gasteiger partial charge in [-0.2, -0.15) is 0 Å². The van der Waals surface area contributed by atoms with Gasteiger partial charge in [0, 0.05) is 5.54 Å². The minimum atomic E-state index is -0.139. The highest BCUT2D eigenvalue weighted by Crippen LogP contribution is 2.28. The highest BCUT2D eigenvalue weighted by atomic mass is 16.5. The lowest BCUT2D eigenvalue weighted by atomic mass is 9.78. The van der Waals surface area contributed by atoms with Gasteiger partial charge in [-0.05, 0) is 49.8 Å². The van der Waals surface area contributed by atoms with Gasteiger partial charge in [0.1, 0.15) is 5.75 Å². The molecule has 1 unspecified atom stereocenters. The second kappa shape index (κ2) is 7.51. The van der Waals surface area contributed by atoms with Crippen LogP contribution in [0, 0.1) is 5.92 Å². The van der Waals surface area contributed by atoms with Crippen LogP contribution >= 0.6 is 0 Å². The highest BCUT2D eigenvalue weighted by molar-refractivity contribution is 5.33. The first kappa shape index (κ1) is 16.0. The summed E-state index contributed by atoms with van der Waals surface area (Å²) in [4.78, 5) is 0. The molecule has 0 spiro atoms. The van der Waals surface area contributed by atoms with Crippen molar-refractivity contribution in [2.45, 2.75) is 45.1 Å². The third-order valence-corrected chi connectivity index (χ3v) is 4.05. The van der Waals surface area contributed by atoms with Crippen molar-refractivity contribution in [3.8, 4) is 5.75 Å². The molecule has 0 aliphatic heterocycles. The zero-order valence-electron chi connectivity index (χ0n) is 12.5. The standard InChI is InChI=1S/C16H28N2O/c1-13(2)16(18,10-6-12-17)11-9-14-7-4-5-8-15(14)19-3/h4-5,7-8,13H,6,9-12,17-18H2,1-3H3. The average Bonchev–Trinajstić information content (AvgIpc) is 2.43. The third-order valence-electron chi connectivity index (χ3n) is 4.05. The molecular weight excluding hydrogens is 236 g/mol. The first-order valence-corrected chi connectivity index (χ1v) is 7.14. The van der Waals surface area contributed by atoms with E-state index in [9.17, 15) is 0 Å². The van der Waals surface area contributed by atoms with Gasteiger partial charge < -0.3 is 16.2 Å². The molecule has 19 heavy (non-hydrogen) atoms. The molecule has 0 aromatic heterocycles. The van der Waals surface area contributed by atoms with Crippen molar-refractivity contribution in [2.75, 3.05) is 13.7 Å². The number of para-hydroxylation sites is 1. The molecule has 0 amide bonds. The number of rotatable bonds is 8. The number of aryl methyl sites for hydroxylation is 1. The highest BCUT2D eigenvalue weighted by Gasteiger charge is 2.28. The topological polar surface area (TPSA) is 61.3 Å². The Bertz CT molecular complexity index is 379. The molecule has 0 fully saturated rings. The van der Waals surface area contributed by atoms with E-state index in [2.05, 4.69) is 19.9 Å². The van der Waals surface area contributed by atoms with E-state index in [1.807, 2.05) is 18.2 Å². The van der Waals surface area contributed by atoms with Crippen molar-refractivity contribution >= 4 is 0 Å². The largest absolute Gasteiger partial charge is 0.496 e. The predicted octanol–water partition coefficient (Wildman–Crippen LogP) is 2.72. The molecule has 1 rings (SSSR count). The lowest BCUT2D eigenvalue weighted by Crippen LogP contribution is -2.45. The van der Waals surface area contributed by atoms with Gasteiger partial charge in [0.15, 0.2) is 0 Å². The summed E-state index contributed by atoms with van der Waals surface area (Å²) in [6, 6.07) is 8.16. The van der Waals surface area contributed by atoms with Gasteiger partial charge in [-0.25, -0.2) is 0 Å². The molecule has 1 aromatic carbocycles. The Balaban J connectivity index is 2.70. The van der Waals surface area contributed by atoms with Gasteiger partial charge >= 0.3 is 0 Å². The molecule has 4 N–H and O–H groups in total. The first-order valence-electron chi connectivity index (χ1n) is 7.14. The van der Waals surface area contributed by atoms with Crippen LogP contribution in [0.5, 0.6) is 5.75 Å². The second-order valence-electron chi connectivity index (χ2n) is 5.59. The molecule has 0 bridgehead atoms. The van der Waals surface area contributed by atoms with Crippen molar-refractivity contribution in [3.05, 3.63) is 29.8 Å². The SMILES string of the molecule is COc1ccccc1CCC(N)(CCCN)C(C)C. The minimum Gasteiger partial charge on any atom is -0.496 e.